The van der Waals surface area contributed by atoms with Crippen molar-refractivity contribution in [1.82, 2.24) is 14.5 Å². The van der Waals surface area contributed by atoms with Crippen LogP contribution in [0.25, 0.3) is 0 Å². The van der Waals surface area contributed by atoms with Crippen LogP contribution in [0.2, 0.25) is 0 Å². The third kappa shape index (κ3) is 3.31. The maximum Gasteiger partial charge on any atom is 0.242 e. The standard InChI is InChI=1S/C17H17FN4O/c1-12-20-10-13(22(12)2)11-21-15-7-5-9-19-17(15)23-16-8-4-3-6-14(16)18/h3-10,21H,11H2,1-2H3. The van der Waals surface area contributed by atoms with Gasteiger partial charge in [0, 0.05) is 13.2 Å². The van der Waals surface area contributed by atoms with Crippen molar-refractivity contribution in [3.05, 3.63) is 66.1 Å². The zero-order valence-electron chi connectivity index (χ0n) is 13.0. The van der Waals surface area contributed by atoms with Crippen molar-refractivity contribution in [2.45, 2.75) is 13.5 Å². The van der Waals surface area contributed by atoms with E-state index in [1.54, 1.807) is 30.5 Å². The van der Waals surface area contributed by atoms with Gasteiger partial charge in [0.05, 0.1) is 24.1 Å². The van der Waals surface area contributed by atoms with Gasteiger partial charge in [0.1, 0.15) is 5.82 Å². The van der Waals surface area contributed by atoms with E-state index in [9.17, 15) is 4.39 Å². The fraction of sp³-hybridized carbons (Fsp3) is 0.176. The number of imidazole rings is 1. The van der Waals surface area contributed by atoms with Gasteiger partial charge in [-0.1, -0.05) is 12.1 Å². The molecule has 0 aliphatic rings. The number of anilines is 1. The Morgan fingerprint density at radius 2 is 2.00 bits per heavy atom. The zero-order valence-corrected chi connectivity index (χ0v) is 13.0. The number of ether oxygens (including phenoxy) is 1. The molecule has 1 aromatic carbocycles. The molecule has 0 saturated heterocycles. The molecule has 0 radical (unpaired) electrons. The number of pyridine rings is 1. The Balaban J connectivity index is 1.78. The van der Waals surface area contributed by atoms with Gasteiger partial charge < -0.3 is 14.6 Å². The van der Waals surface area contributed by atoms with E-state index in [1.807, 2.05) is 30.8 Å². The summed E-state index contributed by atoms with van der Waals surface area (Å²) in [5.74, 6) is 0.990. The van der Waals surface area contributed by atoms with Gasteiger partial charge in [0.15, 0.2) is 11.6 Å². The summed E-state index contributed by atoms with van der Waals surface area (Å²) >= 11 is 0. The molecule has 0 saturated carbocycles. The van der Waals surface area contributed by atoms with E-state index in [-0.39, 0.29) is 5.75 Å². The second-order valence-electron chi connectivity index (χ2n) is 5.10. The molecule has 2 heterocycles. The monoisotopic (exact) mass is 312 g/mol. The molecule has 5 nitrogen and oxygen atoms in total. The number of hydrogen-bond acceptors (Lipinski definition) is 4. The summed E-state index contributed by atoms with van der Waals surface area (Å²) in [5, 5.41) is 3.25. The topological polar surface area (TPSA) is 52.0 Å². The van der Waals surface area contributed by atoms with Crippen molar-refractivity contribution in [1.29, 1.82) is 0 Å². The lowest BCUT2D eigenvalue weighted by Gasteiger charge is -2.12. The number of rotatable bonds is 5. The second kappa shape index (κ2) is 6.48. The molecular weight excluding hydrogens is 295 g/mol. The van der Waals surface area contributed by atoms with Crippen molar-refractivity contribution >= 4 is 5.69 Å². The molecule has 0 spiro atoms. The highest BCUT2D eigenvalue weighted by Crippen LogP contribution is 2.28. The summed E-state index contributed by atoms with van der Waals surface area (Å²) < 4.78 is 21.3. The van der Waals surface area contributed by atoms with Crippen LogP contribution in [-0.4, -0.2) is 14.5 Å². The van der Waals surface area contributed by atoms with Crippen LogP contribution in [0.4, 0.5) is 10.1 Å². The van der Waals surface area contributed by atoms with Crippen molar-refractivity contribution in [3.63, 3.8) is 0 Å². The Bertz CT molecular complexity index is 816. The van der Waals surface area contributed by atoms with E-state index < -0.39 is 5.82 Å². The van der Waals surface area contributed by atoms with Crippen LogP contribution in [0.1, 0.15) is 11.5 Å². The minimum absolute atomic E-state index is 0.144. The van der Waals surface area contributed by atoms with Crippen LogP contribution >= 0.6 is 0 Å². The fourth-order valence-electron chi connectivity index (χ4n) is 2.14. The highest BCUT2D eigenvalue weighted by Gasteiger charge is 2.10. The van der Waals surface area contributed by atoms with Crippen molar-refractivity contribution in [2.75, 3.05) is 5.32 Å². The van der Waals surface area contributed by atoms with Gasteiger partial charge in [-0.15, -0.1) is 0 Å². The van der Waals surface area contributed by atoms with Gasteiger partial charge in [-0.05, 0) is 31.2 Å². The molecule has 118 valence electrons. The van der Waals surface area contributed by atoms with Crippen LogP contribution in [0.3, 0.4) is 0 Å². The summed E-state index contributed by atoms with van der Waals surface area (Å²) in [6, 6.07) is 9.89. The van der Waals surface area contributed by atoms with Crippen molar-refractivity contribution in [2.24, 2.45) is 7.05 Å². The highest BCUT2D eigenvalue weighted by atomic mass is 19.1. The van der Waals surface area contributed by atoms with Crippen molar-refractivity contribution in [3.8, 4) is 11.6 Å². The third-order valence-electron chi connectivity index (χ3n) is 3.59. The number of halogens is 1. The number of benzene rings is 1. The number of hydrogen-bond donors (Lipinski definition) is 1. The molecule has 0 amide bonds. The van der Waals surface area contributed by atoms with E-state index in [4.69, 9.17) is 4.74 Å². The first-order chi connectivity index (χ1) is 11.1. The van der Waals surface area contributed by atoms with Crippen LogP contribution in [0.15, 0.2) is 48.8 Å². The largest absolute Gasteiger partial charge is 0.434 e. The van der Waals surface area contributed by atoms with E-state index in [1.165, 1.54) is 6.07 Å². The van der Waals surface area contributed by atoms with E-state index in [0.29, 0.717) is 18.1 Å². The predicted octanol–water partition coefficient (Wildman–Crippen LogP) is 3.67. The van der Waals surface area contributed by atoms with Crippen LogP contribution in [0, 0.1) is 12.7 Å². The van der Waals surface area contributed by atoms with E-state index >= 15 is 0 Å². The molecule has 6 heteroatoms. The quantitative estimate of drug-likeness (QED) is 0.781. The Labute approximate surface area is 133 Å². The first-order valence-electron chi connectivity index (χ1n) is 7.23. The molecule has 23 heavy (non-hydrogen) atoms. The Morgan fingerprint density at radius 3 is 2.74 bits per heavy atom. The fourth-order valence-corrected chi connectivity index (χ4v) is 2.14. The molecule has 0 fully saturated rings. The van der Waals surface area contributed by atoms with Gasteiger partial charge in [0.2, 0.25) is 5.88 Å². The number of aryl methyl sites for hydroxylation is 1. The molecular formula is C17H17FN4O. The summed E-state index contributed by atoms with van der Waals surface area (Å²) in [5.41, 5.74) is 1.72. The second-order valence-corrected chi connectivity index (χ2v) is 5.10. The molecule has 3 aromatic rings. The van der Waals surface area contributed by atoms with Crippen molar-refractivity contribution < 1.29 is 9.13 Å². The lowest BCUT2D eigenvalue weighted by atomic mass is 10.3. The summed E-state index contributed by atoms with van der Waals surface area (Å²) in [6.45, 7) is 2.51. The number of para-hydroxylation sites is 1. The first kappa shape index (κ1) is 15.0. The minimum Gasteiger partial charge on any atom is -0.434 e. The molecule has 0 bridgehead atoms. The molecule has 3 rings (SSSR count). The van der Waals surface area contributed by atoms with Gasteiger partial charge in [-0.2, -0.15) is 0 Å². The van der Waals surface area contributed by atoms with Crippen LogP contribution in [-0.2, 0) is 13.6 Å². The van der Waals surface area contributed by atoms with Gasteiger partial charge in [0.25, 0.3) is 0 Å². The molecule has 0 atom stereocenters. The van der Waals surface area contributed by atoms with Gasteiger partial charge >= 0.3 is 0 Å². The maximum atomic E-state index is 13.7. The van der Waals surface area contributed by atoms with E-state index in [0.717, 1.165) is 11.5 Å². The normalized spacial score (nSPS) is 10.6. The lowest BCUT2D eigenvalue weighted by Crippen LogP contribution is -2.06. The zero-order chi connectivity index (χ0) is 16.2. The maximum absolute atomic E-state index is 13.7. The number of aromatic nitrogens is 3. The summed E-state index contributed by atoms with van der Waals surface area (Å²) in [4.78, 5) is 8.44. The predicted molar refractivity (Wildman–Crippen MR) is 86.0 cm³/mol. The summed E-state index contributed by atoms with van der Waals surface area (Å²) in [7, 11) is 1.96. The number of nitrogens with zero attached hydrogens (tertiary/aromatic N) is 3. The average Bonchev–Trinajstić information content (AvgIpc) is 2.88. The van der Waals surface area contributed by atoms with Crippen LogP contribution in [0.5, 0.6) is 11.6 Å². The molecule has 0 aliphatic heterocycles. The number of nitrogens with one attached hydrogen (secondary N) is 1. The minimum atomic E-state index is -0.425. The lowest BCUT2D eigenvalue weighted by molar-refractivity contribution is 0.429. The Hall–Kier alpha value is -2.89. The molecule has 0 aliphatic carbocycles. The molecule has 1 N–H and O–H groups in total. The summed E-state index contributed by atoms with van der Waals surface area (Å²) in [6.07, 6.45) is 3.42. The Morgan fingerprint density at radius 1 is 1.17 bits per heavy atom. The first-order valence-corrected chi connectivity index (χ1v) is 7.23. The molecule has 2 aromatic heterocycles. The SMILES string of the molecule is Cc1ncc(CNc2cccnc2Oc2ccccc2F)n1C. The third-order valence-corrected chi connectivity index (χ3v) is 3.59. The Kier molecular flexibility index (Phi) is 4.23. The van der Waals surface area contributed by atoms with Gasteiger partial charge in [-0.3, -0.25) is 0 Å². The van der Waals surface area contributed by atoms with Crippen LogP contribution < -0.4 is 10.1 Å². The highest BCUT2D eigenvalue weighted by molar-refractivity contribution is 5.53. The van der Waals surface area contributed by atoms with Gasteiger partial charge in [-0.25, -0.2) is 14.4 Å². The smallest absolute Gasteiger partial charge is 0.242 e. The van der Waals surface area contributed by atoms with E-state index in [2.05, 4.69) is 15.3 Å². The molecule has 0 unspecified atom stereocenters. The average molecular weight is 312 g/mol.